The summed E-state index contributed by atoms with van der Waals surface area (Å²) in [5.74, 6) is 0. The standard InChI is InChI=1S/C17H27NO/c1-13(2)18-8-5-6-17(19,7-9-18)16-11-14(3)10-15(4)12-16/h10-13,19H,5-9H2,1-4H3. The maximum Gasteiger partial charge on any atom is 0.0909 e. The maximum absolute atomic E-state index is 11.0. The molecular formula is C17H27NO. The number of hydrogen-bond donors (Lipinski definition) is 1. The molecule has 1 aromatic carbocycles. The summed E-state index contributed by atoms with van der Waals surface area (Å²) in [5, 5.41) is 11.0. The minimum Gasteiger partial charge on any atom is -0.385 e. The fraction of sp³-hybridized carbons (Fsp3) is 0.647. The van der Waals surface area contributed by atoms with E-state index in [4.69, 9.17) is 0 Å². The Morgan fingerprint density at radius 2 is 1.68 bits per heavy atom. The summed E-state index contributed by atoms with van der Waals surface area (Å²) in [6.07, 6.45) is 2.79. The van der Waals surface area contributed by atoms with Crippen molar-refractivity contribution in [2.75, 3.05) is 13.1 Å². The second-order valence-electron chi connectivity index (χ2n) is 6.39. The highest BCUT2D eigenvalue weighted by Gasteiger charge is 2.32. The molecule has 2 nitrogen and oxygen atoms in total. The van der Waals surface area contributed by atoms with Gasteiger partial charge >= 0.3 is 0 Å². The Balaban J connectivity index is 2.22. The van der Waals surface area contributed by atoms with Gasteiger partial charge in [0.1, 0.15) is 0 Å². The molecule has 0 aliphatic carbocycles. The van der Waals surface area contributed by atoms with Gasteiger partial charge in [0.2, 0.25) is 0 Å². The molecule has 0 aromatic heterocycles. The van der Waals surface area contributed by atoms with Gasteiger partial charge in [0, 0.05) is 12.6 Å². The van der Waals surface area contributed by atoms with Gasteiger partial charge in [0.25, 0.3) is 0 Å². The normalized spacial score (nSPS) is 25.6. The van der Waals surface area contributed by atoms with Crippen LogP contribution in [0.4, 0.5) is 0 Å². The smallest absolute Gasteiger partial charge is 0.0909 e. The summed E-state index contributed by atoms with van der Waals surface area (Å²) >= 11 is 0. The first-order chi connectivity index (χ1) is 8.90. The van der Waals surface area contributed by atoms with Crippen molar-refractivity contribution >= 4 is 0 Å². The van der Waals surface area contributed by atoms with Crippen LogP contribution in [0.1, 0.15) is 49.8 Å². The first-order valence-electron chi connectivity index (χ1n) is 7.46. The van der Waals surface area contributed by atoms with Crippen molar-refractivity contribution in [3.8, 4) is 0 Å². The summed E-state index contributed by atoms with van der Waals surface area (Å²) in [7, 11) is 0. The van der Waals surface area contributed by atoms with Crippen LogP contribution in [-0.4, -0.2) is 29.1 Å². The van der Waals surface area contributed by atoms with Crippen LogP contribution in [-0.2, 0) is 5.60 Å². The van der Waals surface area contributed by atoms with Crippen LogP contribution < -0.4 is 0 Å². The Labute approximate surface area is 117 Å². The number of aliphatic hydroxyl groups is 1. The van der Waals surface area contributed by atoms with E-state index in [-0.39, 0.29) is 0 Å². The summed E-state index contributed by atoms with van der Waals surface area (Å²) in [6, 6.07) is 7.04. The van der Waals surface area contributed by atoms with Crippen molar-refractivity contribution < 1.29 is 5.11 Å². The molecule has 0 amide bonds. The predicted molar refractivity (Wildman–Crippen MR) is 80.4 cm³/mol. The van der Waals surface area contributed by atoms with E-state index in [0.717, 1.165) is 37.9 Å². The molecule has 106 valence electrons. The van der Waals surface area contributed by atoms with Crippen molar-refractivity contribution in [3.63, 3.8) is 0 Å². The van der Waals surface area contributed by atoms with E-state index < -0.39 is 5.60 Å². The molecule has 1 aromatic rings. The molecule has 1 N–H and O–H groups in total. The molecule has 0 radical (unpaired) electrons. The van der Waals surface area contributed by atoms with Crippen molar-refractivity contribution in [2.24, 2.45) is 0 Å². The minimum atomic E-state index is -0.638. The van der Waals surface area contributed by atoms with E-state index in [9.17, 15) is 5.11 Å². The van der Waals surface area contributed by atoms with Crippen LogP contribution >= 0.6 is 0 Å². The molecule has 1 unspecified atom stereocenters. The summed E-state index contributed by atoms with van der Waals surface area (Å²) < 4.78 is 0. The predicted octanol–water partition coefficient (Wildman–Crippen LogP) is 3.39. The summed E-state index contributed by atoms with van der Waals surface area (Å²) in [4.78, 5) is 2.47. The lowest BCUT2D eigenvalue weighted by molar-refractivity contribution is 0.0203. The SMILES string of the molecule is Cc1cc(C)cc(C2(O)CCCN(C(C)C)CC2)c1. The van der Waals surface area contributed by atoms with Crippen molar-refractivity contribution in [3.05, 3.63) is 34.9 Å². The van der Waals surface area contributed by atoms with Gasteiger partial charge in [0.05, 0.1) is 5.60 Å². The number of aryl methyl sites for hydroxylation is 2. The monoisotopic (exact) mass is 261 g/mol. The van der Waals surface area contributed by atoms with Gasteiger partial charge in [-0.2, -0.15) is 0 Å². The van der Waals surface area contributed by atoms with Gasteiger partial charge in [-0.3, -0.25) is 0 Å². The quantitative estimate of drug-likeness (QED) is 0.882. The molecular weight excluding hydrogens is 234 g/mol. The Kier molecular flexibility index (Phi) is 4.32. The molecule has 1 fully saturated rings. The Bertz CT molecular complexity index is 421. The minimum absolute atomic E-state index is 0.571. The van der Waals surface area contributed by atoms with Gasteiger partial charge in [-0.15, -0.1) is 0 Å². The zero-order valence-corrected chi connectivity index (χ0v) is 12.7. The molecule has 2 rings (SSSR count). The average molecular weight is 261 g/mol. The van der Waals surface area contributed by atoms with E-state index in [1.165, 1.54) is 11.1 Å². The molecule has 0 saturated carbocycles. The largest absolute Gasteiger partial charge is 0.385 e. The number of rotatable bonds is 2. The molecule has 0 spiro atoms. The zero-order chi connectivity index (χ0) is 14.0. The number of benzene rings is 1. The number of nitrogens with zero attached hydrogens (tertiary/aromatic N) is 1. The number of hydrogen-bond acceptors (Lipinski definition) is 2. The topological polar surface area (TPSA) is 23.5 Å². The fourth-order valence-corrected chi connectivity index (χ4v) is 3.19. The van der Waals surface area contributed by atoms with E-state index in [1.54, 1.807) is 0 Å². The molecule has 1 atom stereocenters. The lowest BCUT2D eigenvalue weighted by atomic mass is 9.85. The summed E-state index contributed by atoms with van der Waals surface area (Å²) in [5.41, 5.74) is 2.96. The molecule has 19 heavy (non-hydrogen) atoms. The van der Waals surface area contributed by atoms with E-state index in [2.05, 4.69) is 50.8 Å². The highest BCUT2D eigenvalue weighted by molar-refractivity contribution is 5.32. The molecule has 1 heterocycles. The van der Waals surface area contributed by atoms with Gasteiger partial charge in [-0.1, -0.05) is 29.3 Å². The maximum atomic E-state index is 11.0. The Morgan fingerprint density at radius 1 is 1.05 bits per heavy atom. The molecule has 0 bridgehead atoms. The van der Waals surface area contributed by atoms with Gasteiger partial charge in [-0.05, 0) is 59.1 Å². The second-order valence-corrected chi connectivity index (χ2v) is 6.39. The Morgan fingerprint density at radius 3 is 2.26 bits per heavy atom. The van der Waals surface area contributed by atoms with Crippen molar-refractivity contribution in [1.29, 1.82) is 0 Å². The van der Waals surface area contributed by atoms with E-state index >= 15 is 0 Å². The average Bonchev–Trinajstić information content (AvgIpc) is 2.51. The van der Waals surface area contributed by atoms with E-state index in [1.807, 2.05) is 0 Å². The molecule has 1 aliphatic heterocycles. The van der Waals surface area contributed by atoms with Crippen LogP contribution in [0.25, 0.3) is 0 Å². The second kappa shape index (κ2) is 5.64. The fourth-order valence-electron chi connectivity index (χ4n) is 3.19. The first-order valence-corrected chi connectivity index (χ1v) is 7.46. The van der Waals surface area contributed by atoms with Crippen LogP contribution in [0.2, 0.25) is 0 Å². The van der Waals surface area contributed by atoms with Gasteiger partial charge in [-0.25, -0.2) is 0 Å². The van der Waals surface area contributed by atoms with Crippen LogP contribution in [0.15, 0.2) is 18.2 Å². The third kappa shape index (κ3) is 3.37. The summed E-state index contributed by atoms with van der Waals surface area (Å²) in [6.45, 7) is 10.8. The Hall–Kier alpha value is -0.860. The highest BCUT2D eigenvalue weighted by Crippen LogP contribution is 2.34. The molecule has 2 heteroatoms. The highest BCUT2D eigenvalue weighted by atomic mass is 16.3. The van der Waals surface area contributed by atoms with Crippen molar-refractivity contribution in [2.45, 2.75) is 58.6 Å². The van der Waals surface area contributed by atoms with Crippen molar-refractivity contribution in [1.82, 2.24) is 4.90 Å². The molecule has 1 aliphatic rings. The van der Waals surface area contributed by atoms with Gasteiger partial charge in [0.15, 0.2) is 0 Å². The third-order valence-corrected chi connectivity index (χ3v) is 4.34. The van der Waals surface area contributed by atoms with Crippen LogP contribution in [0.5, 0.6) is 0 Å². The lowest BCUT2D eigenvalue weighted by Gasteiger charge is -2.29. The van der Waals surface area contributed by atoms with Crippen LogP contribution in [0, 0.1) is 13.8 Å². The molecule has 1 saturated heterocycles. The lowest BCUT2D eigenvalue weighted by Crippen LogP contribution is -2.33. The third-order valence-electron chi connectivity index (χ3n) is 4.34. The van der Waals surface area contributed by atoms with Gasteiger partial charge < -0.3 is 10.0 Å². The zero-order valence-electron chi connectivity index (χ0n) is 12.7. The first kappa shape index (κ1) is 14.5. The number of likely N-dealkylation sites (tertiary alicyclic amines) is 1. The van der Waals surface area contributed by atoms with Crippen LogP contribution in [0.3, 0.4) is 0 Å². The van der Waals surface area contributed by atoms with E-state index in [0.29, 0.717) is 6.04 Å².